The number of benzene rings is 1. The van der Waals surface area contributed by atoms with Crippen molar-refractivity contribution in [1.29, 1.82) is 0 Å². The summed E-state index contributed by atoms with van der Waals surface area (Å²) < 4.78 is 0. The van der Waals surface area contributed by atoms with Gasteiger partial charge in [-0.3, -0.25) is 4.90 Å². The summed E-state index contributed by atoms with van der Waals surface area (Å²) in [4.78, 5) is 10.7. The Morgan fingerprint density at radius 3 is 2.47 bits per heavy atom. The first-order valence-corrected chi connectivity index (χ1v) is 6.53. The average Bonchev–Trinajstić information content (AvgIpc) is 2.38. The molecule has 0 aliphatic heterocycles. The molecule has 0 aliphatic carbocycles. The molecule has 2 N–H and O–H groups in total. The summed E-state index contributed by atoms with van der Waals surface area (Å²) in [5.74, 6) is 0.353. The predicted molar refractivity (Wildman–Crippen MR) is 77.4 cm³/mol. The number of anilines is 1. The molecule has 0 amide bonds. The molecule has 0 spiro atoms. The van der Waals surface area contributed by atoms with Crippen molar-refractivity contribution in [1.82, 2.24) is 14.9 Å². The van der Waals surface area contributed by atoms with Crippen LogP contribution in [0.3, 0.4) is 0 Å². The molecule has 1 heterocycles. The zero-order valence-corrected chi connectivity index (χ0v) is 11.5. The second-order valence-electron chi connectivity index (χ2n) is 4.65. The van der Waals surface area contributed by atoms with Crippen LogP contribution in [0.2, 0.25) is 0 Å². The lowest BCUT2D eigenvalue weighted by Crippen LogP contribution is -2.23. The van der Waals surface area contributed by atoms with Crippen LogP contribution in [0.4, 0.5) is 5.95 Å². The largest absolute Gasteiger partial charge is 0.368 e. The monoisotopic (exact) mass is 256 g/mol. The van der Waals surface area contributed by atoms with Crippen molar-refractivity contribution in [2.75, 3.05) is 12.3 Å². The summed E-state index contributed by atoms with van der Waals surface area (Å²) in [6.07, 6.45) is 0. The van der Waals surface area contributed by atoms with Crippen LogP contribution in [-0.4, -0.2) is 21.4 Å². The van der Waals surface area contributed by atoms with Crippen LogP contribution >= 0.6 is 0 Å². The summed E-state index contributed by atoms with van der Waals surface area (Å²) >= 11 is 0. The minimum atomic E-state index is 0.353. The summed E-state index contributed by atoms with van der Waals surface area (Å²) in [6, 6.07) is 12.4. The van der Waals surface area contributed by atoms with Gasteiger partial charge in [0.15, 0.2) is 0 Å². The van der Waals surface area contributed by atoms with Gasteiger partial charge in [-0.1, -0.05) is 37.3 Å². The minimum absolute atomic E-state index is 0.353. The van der Waals surface area contributed by atoms with Gasteiger partial charge in [0.2, 0.25) is 5.95 Å². The fourth-order valence-electron chi connectivity index (χ4n) is 2.09. The van der Waals surface area contributed by atoms with Crippen molar-refractivity contribution in [3.8, 4) is 0 Å². The highest BCUT2D eigenvalue weighted by Crippen LogP contribution is 2.09. The normalized spacial score (nSPS) is 10.9. The van der Waals surface area contributed by atoms with Crippen LogP contribution in [0.5, 0.6) is 0 Å². The van der Waals surface area contributed by atoms with Gasteiger partial charge in [0, 0.05) is 18.8 Å². The van der Waals surface area contributed by atoms with Crippen molar-refractivity contribution >= 4 is 5.95 Å². The molecule has 4 nitrogen and oxygen atoms in total. The minimum Gasteiger partial charge on any atom is -0.368 e. The Balaban J connectivity index is 2.06. The molecule has 0 atom stereocenters. The van der Waals surface area contributed by atoms with Gasteiger partial charge >= 0.3 is 0 Å². The molecule has 19 heavy (non-hydrogen) atoms. The van der Waals surface area contributed by atoms with Crippen LogP contribution < -0.4 is 5.73 Å². The SMILES string of the molecule is CCN(Cc1ccccc1)Cc1cc(C)nc(N)n1. The Kier molecular flexibility index (Phi) is 4.47. The molecular weight excluding hydrogens is 236 g/mol. The van der Waals surface area contributed by atoms with Crippen molar-refractivity contribution in [3.05, 3.63) is 53.3 Å². The van der Waals surface area contributed by atoms with E-state index in [0.29, 0.717) is 5.95 Å². The van der Waals surface area contributed by atoms with E-state index in [1.807, 2.05) is 19.1 Å². The van der Waals surface area contributed by atoms with E-state index in [9.17, 15) is 0 Å². The third-order valence-corrected chi connectivity index (χ3v) is 3.01. The van der Waals surface area contributed by atoms with E-state index in [0.717, 1.165) is 31.0 Å². The molecule has 0 unspecified atom stereocenters. The van der Waals surface area contributed by atoms with Crippen LogP contribution in [-0.2, 0) is 13.1 Å². The van der Waals surface area contributed by atoms with E-state index in [1.165, 1.54) is 5.56 Å². The Labute approximate surface area is 114 Å². The third kappa shape index (κ3) is 4.03. The van der Waals surface area contributed by atoms with Crippen molar-refractivity contribution in [2.24, 2.45) is 0 Å². The molecular formula is C15H20N4. The molecule has 4 heteroatoms. The molecule has 0 aliphatic rings. The highest BCUT2D eigenvalue weighted by atomic mass is 15.1. The van der Waals surface area contributed by atoms with E-state index in [2.05, 4.69) is 46.1 Å². The maximum Gasteiger partial charge on any atom is 0.220 e. The number of hydrogen-bond acceptors (Lipinski definition) is 4. The average molecular weight is 256 g/mol. The Bertz CT molecular complexity index is 505. The number of nitrogens with zero attached hydrogens (tertiary/aromatic N) is 3. The Morgan fingerprint density at radius 1 is 1.11 bits per heavy atom. The lowest BCUT2D eigenvalue weighted by molar-refractivity contribution is 0.268. The fraction of sp³-hybridized carbons (Fsp3) is 0.333. The molecule has 0 saturated heterocycles. The summed E-state index contributed by atoms with van der Waals surface area (Å²) in [6.45, 7) is 6.77. The van der Waals surface area contributed by atoms with Gasteiger partial charge in [-0.25, -0.2) is 9.97 Å². The second-order valence-corrected chi connectivity index (χ2v) is 4.65. The molecule has 2 aromatic rings. The fourth-order valence-corrected chi connectivity index (χ4v) is 2.09. The smallest absolute Gasteiger partial charge is 0.220 e. The molecule has 100 valence electrons. The molecule has 2 rings (SSSR count). The Hall–Kier alpha value is -1.94. The van der Waals surface area contributed by atoms with Crippen LogP contribution in [0.1, 0.15) is 23.9 Å². The highest BCUT2D eigenvalue weighted by molar-refractivity contribution is 5.22. The highest BCUT2D eigenvalue weighted by Gasteiger charge is 2.07. The number of aromatic nitrogens is 2. The van der Waals surface area contributed by atoms with Crippen molar-refractivity contribution in [3.63, 3.8) is 0 Å². The first-order valence-electron chi connectivity index (χ1n) is 6.53. The van der Waals surface area contributed by atoms with E-state index in [4.69, 9.17) is 5.73 Å². The zero-order chi connectivity index (χ0) is 13.7. The van der Waals surface area contributed by atoms with Gasteiger partial charge in [-0.15, -0.1) is 0 Å². The number of nitrogens with two attached hydrogens (primary N) is 1. The lowest BCUT2D eigenvalue weighted by atomic mass is 10.2. The number of nitrogen functional groups attached to an aromatic ring is 1. The lowest BCUT2D eigenvalue weighted by Gasteiger charge is -2.20. The van der Waals surface area contributed by atoms with Crippen LogP contribution in [0, 0.1) is 6.92 Å². The maximum atomic E-state index is 5.69. The van der Waals surface area contributed by atoms with Crippen LogP contribution in [0.15, 0.2) is 36.4 Å². The molecule has 0 radical (unpaired) electrons. The molecule has 1 aromatic heterocycles. The first kappa shape index (κ1) is 13.5. The quantitative estimate of drug-likeness (QED) is 0.892. The maximum absolute atomic E-state index is 5.69. The third-order valence-electron chi connectivity index (χ3n) is 3.01. The summed E-state index contributed by atoms with van der Waals surface area (Å²) in [5, 5.41) is 0. The number of aryl methyl sites for hydroxylation is 1. The van der Waals surface area contributed by atoms with E-state index >= 15 is 0 Å². The number of hydrogen-bond donors (Lipinski definition) is 1. The van der Waals surface area contributed by atoms with Gasteiger partial charge in [0.05, 0.1) is 5.69 Å². The van der Waals surface area contributed by atoms with Crippen LogP contribution in [0.25, 0.3) is 0 Å². The first-order chi connectivity index (χ1) is 9.17. The molecule has 1 aromatic carbocycles. The van der Waals surface area contributed by atoms with E-state index < -0.39 is 0 Å². The number of rotatable bonds is 5. The predicted octanol–water partition coefficient (Wildman–Crippen LogP) is 2.39. The summed E-state index contributed by atoms with van der Waals surface area (Å²) in [5.41, 5.74) is 8.89. The van der Waals surface area contributed by atoms with Gasteiger partial charge in [0.25, 0.3) is 0 Å². The van der Waals surface area contributed by atoms with Crippen molar-refractivity contribution in [2.45, 2.75) is 26.9 Å². The zero-order valence-electron chi connectivity index (χ0n) is 11.5. The van der Waals surface area contributed by atoms with Gasteiger partial charge in [-0.05, 0) is 25.1 Å². The molecule has 0 fully saturated rings. The Morgan fingerprint density at radius 2 is 1.84 bits per heavy atom. The van der Waals surface area contributed by atoms with Gasteiger partial charge in [0.1, 0.15) is 0 Å². The van der Waals surface area contributed by atoms with E-state index in [-0.39, 0.29) is 0 Å². The molecule has 0 saturated carbocycles. The molecule has 0 bridgehead atoms. The van der Waals surface area contributed by atoms with Gasteiger partial charge < -0.3 is 5.73 Å². The van der Waals surface area contributed by atoms with Gasteiger partial charge in [-0.2, -0.15) is 0 Å². The second kappa shape index (κ2) is 6.29. The van der Waals surface area contributed by atoms with Crippen molar-refractivity contribution < 1.29 is 0 Å². The summed E-state index contributed by atoms with van der Waals surface area (Å²) in [7, 11) is 0. The standard InChI is InChI=1S/C15H20N4/c1-3-19(10-13-7-5-4-6-8-13)11-14-9-12(2)17-15(16)18-14/h4-9H,3,10-11H2,1-2H3,(H2,16,17,18). The van der Waals surface area contributed by atoms with E-state index in [1.54, 1.807) is 0 Å². The topological polar surface area (TPSA) is 55.0 Å².